The second-order valence-electron chi connectivity index (χ2n) is 4.73. The Kier molecular flexibility index (Phi) is 5.06. The Morgan fingerprint density at radius 1 is 1.30 bits per heavy atom. The van der Waals surface area contributed by atoms with Gasteiger partial charge >= 0.3 is 0 Å². The largest absolute Gasteiger partial charge is 0.309 e. The van der Waals surface area contributed by atoms with E-state index in [4.69, 9.17) is 0 Å². The predicted octanol–water partition coefficient (Wildman–Crippen LogP) is 1.23. The Bertz CT molecular complexity index is 800. The number of benzene rings is 1. The fourth-order valence-corrected chi connectivity index (χ4v) is 2.30. The first-order valence-electron chi connectivity index (χ1n) is 6.50. The highest BCUT2D eigenvalue weighted by Gasteiger charge is 2.14. The van der Waals surface area contributed by atoms with Crippen molar-refractivity contribution >= 4 is 21.7 Å². The lowest BCUT2D eigenvalue weighted by molar-refractivity contribution is -0.116. The average Bonchev–Trinajstić information content (AvgIpc) is 2.85. The van der Waals surface area contributed by atoms with Crippen LogP contribution >= 0.6 is 0 Å². The predicted molar refractivity (Wildman–Crippen MR) is 80.0 cm³/mol. The van der Waals surface area contributed by atoms with E-state index in [-0.39, 0.29) is 30.0 Å². The van der Waals surface area contributed by atoms with Gasteiger partial charge in [-0.1, -0.05) is 6.07 Å². The zero-order valence-electron chi connectivity index (χ0n) is 12.1. The highest BCUT2D eigenvalue weighted by atomic mass is 32.2. The number of anilines is 1. The van der Waals surface area contributed by atoms with Crippen molar-refractivity contribution in [3.05, 3.63) is 35.9 Å². The van der Waals surface area contributed by atoms with Gasteiger partial charge < -0.3 is 5.32 Å². The van der Waals surface area contributed by atoms with Crippen molar-refractivity contribution in [1.29, 1.82) is 0 Å². The molecule has 0 saturated carbocycles. The number of hydrogen-bond donors (Lipinski definition) is 3. The molecule has 0 radical (unpaired) electrons. The minimum absolute atomic E-state index is 0.0656. The highest BCUT2D eigenvalue weighted by molar-refractivity contribution is 7.88. The normalized spacial score (nSPS) is 11.4. The van der Waals surface area contributed by atoms with Crippen LogP contribution in [0.4, 0.5) is 14.6 Å². The van der Waals surface area contributed by atoms with E-state index in [0.29, 0.717) is 0 Å². The zero-order valence-corrected chi connectivity index (χ0v) is 12.9. The quantitative estimate of drug-likeness (QED) is 0.733. The lowest BCUT2D eigenvalue weighted by Crippen LogP contribution is -2.26. The molecule has 124 valence electrons. The summed E-state index contributed by atoms with van der Waals surface area (Å²) in [7, 11) is -3.37. The van der Waals surface area contributed by atoms with Gasteiger partial charge in [-0.3, -0.25) is 9.89 Å². The molecule has 1 heterocycles. The molecule has 7 nitrogen and oxygen atoms in total. The molecule has 10 heteroatoms. The number of carbonyl (C=O) groups excluding carboxylic acids is 1. The van der Waals surface area contributed by atoms with Gasteiger partial charge in [0.15, 0.2) is 5.82 Å². The van der Waals surface area contributed by atoms with E-state index >= 15 is 0 Å². The van der Waals surface area contributed by atoms with Gasteiger partial charge in [0.1, 0.15) is 11.6 Å². The van der Waals surface area contributed by atoms with Crippen molar-refractivity contribution in [3.8, 4) is 11.3 Å². The lowest BCUT2D eigenvalue weighted by Gasteiger charge is -2.02. The number of amides is 1. The molecule has 0 spiro atoms. The van der Waals surface area contributed by atoms with Crippen LogP contribution in [0.2, 0.25) is 0 Å². The van der Waals surface area contributed by atoms with Gasteiger partial charge in [-0.25, -0.2) is 21.9 Å². The lowest BCUT2D eigenvalue weighted by atomic mass is 10.1. The maximum atomic E-state index is 13.6. The standard InChI is InChI=1S/C13H14F2N4O3S/c1-23(21,22)16-6-5-12(20)17-11-7-10(18-19-11)13-8(14)3-2-4-9(13)15/h2-4,7,16H,5-6H2,1H3,(H2,17,18,19,20). The van der Waals surface area contributed by atoms with Crippen molar-refractivity contribution in [3.63, 3.8) is 0 Å². The molecule has 3 N–H and O–H groups in total. The third-order valence-electron chi connectivity index (χ3n) is 2.79. The summed E-state index contributed by atoms with van der Waals surface area (Å²) in [6.07, 6.45) is 0.872. The van der Waals surface area contributed by atoms with Crippen LogP contribution in [-0.4, -0.2) is 37.3 Å². The molecular weight excluding hydrogens is 330 g/mol. The molecule has 0 aliphatic carbocycles. The summed E-state index contributed by atoms with van der Waals surface area (Å²) in [6, 6.07) is 4.73. The fraction of sp³-hybridized carbons (Fsp3) is 0.231. The average molecular weight is 344 g/mol. The number of nitrogens with one attached hydrogen (secondary N) is 3. The van der Waals surface area contributed by atoms with E-state index in [2.05, 4.69) is 20.2 Å². The molecule has 0 aliphatic heterocycles. The fourth-order valence-electron chi connectivity index (χ4n) is 1.82. The molecule has 0 saturated heterocycles. The summed E-state index contributed by atoms with van der Waals surface area (Å²) in [6.45, 7) is -0.0656. The van der Waals surface area contributed by atoms with Crippen molar-refractivity contribution in [2.75, 3.05) is 18.1 Å². The Balaban J connectivity index is 2.01. The van der Waals surface area contributed by atoms with Crippen LogP contribution in [0.25, 0.3) is 11.3 Å². The Hall–Kier alpha value is -2.33. The van der Waals surface area contributed by atoms with Gasteiger partial charge in [-0.2, -0.15) is 5.10 Å². The van der Waals surface area contributed by atoms with Gasteiger partial charge in [0, 0.05) is 19.0 Å². The second-order valence-corrected chi connectivity index (χ2v) is 6.56. The number of sulfonamides is 1. The van der Waals surface area contributed by atoms with E-state index in [1.165, 1.54) is 12.1 Å². The van der Waals surface area contributed by atoms with Gasteiger partial charge in [-0.05, 0) is 12.1 Å². The number of aromatic amines is 1. The molecule has 23 heavy (non-hydrogen) atoms. The summed E-state index contributed by atoms with van der Waals surface area (Å²) in [5, 5.41) is 8.57. The van der Waals surface area contributed by atoms with Gasteiger partial charge in [0.05, 0.1) is 17.5 Å². The van der Waals surface area contributed by atoms with Crippen molar-refractivity contribution in [2.24, 2.45) is 0 Å². The molecule has 0 aliphatic rings. The van der Waals surface area contributed by atoms with Crippen LogP contribution in [0.1, 0.15) is 6.42 Å². The molecule has 1 aromatic heterocycles. The zero-order chi connectivity index (χ0) is 17.0. The maximum Gasteiger partial charge on any atom is 0.226 e. The molecular formula is C13H14F2N4O3S. The van der Waals surface area contributed by atoms with Crippen LogP contribution in [0, 0.1) is 11.6 Å². The van der Waals surface area contributed by atoms with Gasteiger partial charge in [0.25, 0.3) is 0 Å². The van der Waals surface area contributed by atoms with Crippen LogP contribution < -0.4 is 10.0 Å². The number of carbonyl (C=O) groups is 1. The van der Waals surface area contributed by atoms with Crippen LogP contribution in [0.5, 0.6) is 0 Å². The minimum Gasteiger partial charge on any atom is -0.309 e. The summed E-state index contributed by atoms with van der Waals surface area (Å²) in [5.41, 5.74) is -0.204. The van der Waals surface area contributed by atoms with E-state index in [9.17, 15) is 22.0 Å². The third-order valence-corrected chi connectivity index (χ3v) is 3.52. The van der Waals surface area contributed by atoms with E-state index in [1.54, 1.807) is 0 Å². The van der Waals surface area contributed by atoms with Gasteiger partial charge in [-0.15, -0.1) is 0 Å². The van der Waals surface area contributed by atoms with Crippen LogP contribution in [0.3, 0.4) is 0 Å². The smallest absolute Gasteiger partial charge is 0.226 e. The van der Waals surface area contributed by atoms with E-state index in [1.807, 2.05) is 0 Å². The topological polar surface area (TPSA) is 104 Å². The van der Waals surface area contributed by atoms with Gasteiger partial charge in [0.2, 0.25) is 15.9 Å². The number of halogens is 2. The Morgan fingerprint density at radius 2 is 1.96 bits per heavy atom. The molecule has 1 amide bonds. The first kappa shape index (κ1) is 17.0. The minimum atomic E-state index is -3.37. The number of nitrogens with zero attached hydrogens (tertiary/aromatic N) is 1. The van der Waals surface area contributed by atoms with E-state index < -0.39 is 27.6 Å². The van der Waals surface area contributed by atoms with Crippen molar-refractivity contribution in [2.45, 2.75) is 6.42 Å². The van der Waals surface area contributed by atoms with Crippen LogP contribution in [0.15, 0.2) is 24.3 Å². The van der Waals surface area contributed by atoms with Crippen LogP contribution in [-0.2, 0) is 14.8 Å². The maximum absolute atomic E-state index is 13.6. The molecule has 1 aromatic carbocycles. The first-order chi connectivity index (χ1) is 10.8. The van der Waals surface area contributed by atoms with Crippen molar-refractivity contribution < 1.29 is 22.0 Å². The number of aromatic nitrogens is 2. The second kappa shape index (κ2) is 6.84. The molecule has 2 rings (SSSR count). The molecule has 0 unspecified atom stereocenters. The molecule has 2 aromatic rings. The molecule has 0 fully saturated rings. The summed E-state index contributed by atoms with van der Waals surface area (Å²) in [4.78, 5) is 11.6. The summed E-state index contributed by atoms with van der Waals surface area (Å²) >= 11 is 0. The monoisotopic (exact) mass is 344 g/mol. The van der Waals surface area contributed by atoms with Crippen molar-refractivity contribution in [1.82, 2.24) is 14.9 Å². The molecule has 0 atom stereocenters. The SMILES string of the molecule is CS(=O)(=O)NCCC(=O)Nc1cc(-c2c(F)cccc2F)[nH]n1. The number of rotatable bonds is 6. The number of H-pyrrole nitrogens is 1. The Morgan fingerprint density at radius 3 is 2.57 bits per heavy atom. The summed E-state index contributed by atoms with van der Waals surface area (Å²) in [5.74, 6) is -1.94. The summed E-state index contributed by atoms with van der Waals surface area (Å²) < 4.78 is 51.2. The first-order valence-corrected chi connectivity index (χ1v) is 8.39. The number of hydrogen-bond acceptors (Lipinski definition) is 4. The highest BCUT2D eigenvalue weighted by Crippen LogP contribution is 2.25. The van der Waals surface area contributed by atoms with E-state index in [0.717, 1.165) is 18.4 Å². The Labute approximate surface area is 131 Å². The molecule has 0 bridgehead atoms. The third kappa shape index (κ3) is 4.83.